The topological polar surface area (TPSA) is 46.5 Å². The van der Waals surface area contributed by atoms with Crippen molar-refractivity contribution in [3.63, 3.8) is 0 Å². The fourth-order valence-corrected chi connectivity index (χ4v) is 1.61. The summed E-state index contributed by atoms with van der Waals surface area (Å²) in [5.74, 6) is -2.71. The largest absolute Gasteiger partial charge is 0.508 e. The van der Waals surface area contributed by atoms with E-state index >= 15 is 0 Å². The van der Waals surface area contributed by atoms with Crippen LogP contribution in [0.5, 0.6) is 5.75 Å². The maximum atomic E-state index is 13.2. The van der Waals surface area contributed by atoms with Gasteiger partial charge in [0.25, 0.3) is 0 Å². The first-order valence-corrected chi connectivity index (χ1v) is 5.64. The molecule has 0 spiro atoms. The SMILES string of the molecule is C=C(C)C(=O)OC(c1cccc(O)c1)(C(F)(F)F)C(F)(F)F. The maximum Gasteiger partial charge on any atom is 0.442 e. The van der Waals surface area contributed by atoms with Crippen LogP contribution >= 0.6 is 0 Å². The van der Waals surface area contributed by atoms with Gasteiger partial charge in [-0.1, -0.05) is 18.7 Å². The highest BCUT2D eigenvalue weighted by Crippen LogP contribution is 2.53. The molecule has 22 heavy (non-hydrogen) atoms. The van der Waals surface area contributed by atoms with E-state index in [2.05, 4.69) is 11.3 Å². The summed E-state index contributed by atoms with van der Waals surface area (Å²) in [4.78, 5) is 11.3. The van der Waals surface area contributed by atoms with Gasteiger partial charge in [0, 0.05) is 11.1 Å². The number of phenolic OH excluding ortho intramolecular Hbond substituents is 1. The lowest BCUT2D eigenvalue weighted by Gasteiger charge is -2.36. The quantitative estimate of drug-likeness (QED) is 0.521. The van der Waals surface area contributed by atoms with Crippen LogP contribution in [0.4, 0.5) is 26.3 Å². The van der Waals surface area contributed by atoms with Crippen molar-refractivity contribution in [3.8, 4) is 5.75 Å². The molecule has 1 N–H and O–H groups in total. The third-order valence-corrected chi connectivity index (χ3v) is 2.65. The normalized spacial score (nSPS) is 12.9. The zero-order valence-corrected chi connectivity index (χ0v) is 11.0. The van der Waals surface area contributed by atoms with Gasteiger partial charge in [0.1, 0.15) is 5.75 Å². The Hall–Kier alpha value is -2.19. The summed E-state index contributed by atoms with van der Waals surface area (Å²) in [6.45, 7) is 3.86. The molecule has 1 rings (SSSR count). The van der Waals surface area contributed by atoms with E-state index in [1.165, 1.54) is 0 Å². The van der Waals surface area contributed by atoms with Crippen LogP contribution in [-0.4, -0.2) is 23.4 Å². The van der Waals surface area contributed by atoms with Gasteiger partial charge in [-0.25, -0.2) is 4.79 Å². The second-order valence-electron chi connectivity index (χ2n) is 4.40. The average Bonchev–Trinajstić information content (AvgIpc) is 2.32. The van der Waals surface area contributed by atoms with Crippen molar-refractivity contribution in [1.82, 2.24) is 0 Å². The van der Waals surface area contributed by atoms with Crippen molar-refractivity contribution < 1.29 is 41.0 Å². The van der Waals surface area contributed by atoms with E-state index in [4.69, 9.17) is 5.11 Å². The van der Waals surface area contributed by atoms with Gasteiger partial charge in [-0.15, -0.1) is 0 Å². The van der Waals surface area contributed by atoms with Crippen molar-refractivity contribution in [2.75, 3.05) is 0 Å². The highest BCUT2D eigenvalue weighted by Gasteiger charge is 2.75. The molecule has 0 atom stereocenters. The molecule has 0 aliphatic heterocycles. The van der Waals surface area contributed by atoms with E-state index in [-0.39, 0.29) is 6.07 Å². The fourth-order valence-electron chi connectivity index (χ4n) is 1.61. The van der Waals surface area contributed by atoms with Crippen LogP contribution in [0, 0.1) is 0 Å². The van der Waals surface area contributed by atoms with Gasteiger partial charge < -0.3 is 9.84 Å². The third kappa shape index (κ3) is 3.02. The summed E-state index contributed by atoms with van der Waals surface area (Å²) in [6, 6.07) is 2.33. The minimum atomic E-state index is -6.01. The molecule has 0 aromatic heterocycles. The number of benzene rings is 1. The molecule has 0 bridgehead atoms. The standard InChI is InChI=1S/C13H10F6O3/c1-7(2)10(21)22-11(12(14,15)16,13(17,18)19)8-4-3-5-9(20)6-8/h3-6,20H,1H2,2H3. The van der Waals surface area contributed by atoms with E-state index in [0.29, 0.717) is 6.07 Å². The summed E-state index contributed by atoms with van der Waals surface area (Å²) >= 11 is 0. The molecule has 3 nitrogen and oxygen atoms in total. The third-order valence-electron chi connectivity index (χ3n) is 2.65. The number of rotatable bonds is 3. The van der Waals surface area contributed by atoms with E-state index in [1.54, 1.807) is 0 Å². The minimum absolute atomic E-state index is 0.229. The van der Waals surface area contributed by atoms with Crippen LogP contribution in [0.25, 0.3) is 0 Å². The zero-order valence-electron chi connectivity index (χ0n) is 11.0. The van der Waals surface area contributed by atoms with Crippen molar-refractivity contribution >= 4 is 5.97 Å². The first kappa shape index (κ1) is 17.9. The smallest absolute Gasteiger partial charge is 0.442 e. The molecule has 122 valence electrons. The summed E-state index contributed by atoms with van der Waals surface area (Å²) in [7, 11) is 0. The van der Waals surface area contributed by atoms with E-state index < -0.39 is 40.8 Å². The van der Waals surface area contributed by atoms with Crippen LogP contribution in [-0.2, 0) is 15.1 Å². The lowest BCUT2D eigenvalue weighted by molar-refractivity contribution is -0.376. The number of phenols is 1. The highest BCUT2D eigenvalue weighted by molar-refractivity contribution is 5.87. The predicted molar refractivity (Wildman–Crippen MR) is 62.8 cm³/mol. The van der Waals surface area contributed by atoms with E-state index in [1.807, 2.05) is 0 Å². The van der Waals surface area contributed by atoms with Gasteiger partial charge in [0.2, 0.25) is 0 Å². The number of halogens is 6. The van der Waals surface area contributed by atoms with Gasteiger partial charge in [-0.2, -0.15) is 26.3 Å². The first-order chi connectivity index (χ1) is 9.83. The number of carbonyl (C=O) groups is 1. The summed E-state index contributed by atoms with van der Waals surface area (Å²) in [5.41, 5.74) is -7.02. The number of carbonyl (C=O) groups excluding carboxylic acids is 1. The molecule has 0 radical (unpaired) electrons. The molecule has 9 heteroatoms. The lowest BCUT2D eigenvalue weighted by atomic mass is 9.91. The second kappa shape index (κ2) is 5.54. The molecule has 0 aliphatic rings. The molecular weight excluding hydrogens is 318 g/mol. The molecule has 0 heterocycles. The maximum absolute atomic E-state index is 13.2. The van der Waals surface area contributed by atoms with Crippen LogP contribution in [0.3, 0.4) is 0 Å². The predicted octanol–water partition coefficient (Wildman–Crippen LogP) is 3.83. The number of aromatic hydroxyl groups is 1. The number of esters is 1. The molecule has 1 aromatic rings. The van der Waals surface area contributed by atoms with E-state index in [9.17, 15) is 31.1 Å². The number of hydrogen-bond acceptors (Lipinski definition) is 3. The number of hydrogen-bond donors (Lipinski definition) is 1. The Morgan fingerprint density at radius 2 is 1.64 bits per heavy atom. The summed E-state index contributed by atoms with van der Waals surface area (Å²) < 4.78 is 83.0. The summed E-state index contributed by atoms with van der Waals surface area (Å²) in [6.07, 6.45) is -12.0. The fraction of sp³-hybridized carbons (Fsp3) is 0.308. The van der Waals surface area contributed by atoms with Gasteiger partial charge in [-0.05, 0) is 19.1 Å². The summed E-state index contributed by atoms with van der Waals surface area (Å²) in [5, 5.41) is 9.16. The zero-order chi connectivity index (χ0) is 17.3. The highest BCUT2D eigenvalue weighted by atomic mass is 19.4. The number of ether oxygens (including phenoxy) is 1. The Morgan fingerprint density at radius 1 is 1.14 bits per heavy atom. The Kier molecular flexibility index (Phi) is 4.50. The molecular formula is C13H10F6O3. The van der Waals surface area contributed by atoms with Crippen LogP contribution in [0.1, 0.15) is 12.5 Å². The Bertz CT molecular complexity index is 574. The lowest BCUT2D eigenvalue weighted by Crippen LogP contribution is -2.57. The molecule has 0 unspecified atom stereocenters. The van der Waals surface area contributed by atoms with Crippen LogP contribution in [0.2, 0.25) is 0 Å². The van der Waals surface area contributed by atoms with Crippen molar-refractivity contribution in [1.29, 1.82) is 0 Å². The van der Waals surface area contributed by atoms with Gasteiger partial charge >= 0.3 is 23.9 Å². The molecule has 0 amide bonds. The second-order valence-corrected chi connectivity index (χ2v) is 4.40. The number of alkyl halides is 6. The van der Waals surface area contributed by atoms with Crippen LogP contribution in [0.15, 0.2) is 36.4 Å². The first-order valence-electron chi connectivity index (χ1n) is 5.64. The van der Waals surface area contributed by atoms with Gasteiger partial charge in [0.15, 0.2) is 0 Å². The Labute approximate surface area is 120 Å². The molecule has 1 aromatic carbocycles. The molecule has 0 saturated carbocycles. The van der Waals surface area contributed by atoms with Crippen molar-refractivity contribution in [3.05, 3.63) is 42.0 Å². The van der Waals surface area contributed by atoms with E-state index in [0.717, 1.165) is 19.1 Å². The molecule has 0 saturated heterocycles. The molecule has 0 fully saturated rings. The molecule has 0 aliphatic carbocycles. The minimum Gasteiger partial charge on any atom is -0.508 e. The van der Waals surface area contributed by atoms with Gasteiger partial charge in [0.05, 0.1) is 0 Å². The van der Waals surface area contributed by atoms with Crippen LogP contribution < -0.4 is 0 Å². The Balaban J connectivity index is 3.67. The van der Waals surface area contributed by atoms with Crippen molar-refractivity contribution in [2.45, 2.75) is 24.9 Å². The Morgan fingerprint density at radius 3 is 2.00 bits per heavy atom. The van der Waals surface area contributed by atoms with Crippen molar-refractivity contribution in [2.24, 2.45) is 0 Å². The average molecular weight is 328 g/mol. The van der Waals surface area contributed by atoms with Gasteiger partial charge in [-0.3, -0.25) is 0 Å². The monoisotopic (exact) mass is 328 g/mol.